The highest BCUT2D eigenvalue weighted by Gasteiger charge is 2.17. The van der Waals surface area contributed by atoms with Gasteiger partial charge in [-0.05, 0) is 134 Å². The molecule has 0 spiro atoms. The van der Waals surface area contributed by atoms with Gasteiger partial charge in [-0.2, -0.15) is 0 Å². The van der Waals surface area contributed by atoms with E-state index in [1.54, 1.807) is 84.9 Å². The first-order valence-electron chi connectivity index (χ1n) is 25.5. The molecule has 0 aliphatic carbocycles. The molecule has 2 aromatic heterocycles. The van der Waals surface area contributed by atoms with Crippen molar-refractivity contribution in [2.75, 3.05) is 88.5 Å². The normalized spacial score (nSPS) is 12.5. The number of benzene rings is 6. The molecule has 0 amide bonds. The summed E-state index contributed by atoms with van der Waals surface area (Å²) in [5.41, 5.74) is 4.39. The van der Waals surface area contributed by atoms with E-state index in [9.17, 15) is 27.0 Å². The standard InChI is InChI=1S/C58H64N6O12S2/c65-49(37-59-27-25-43-9-13-47(14-10-43)63-77(67,68)55-35-45-5-1-3-7-57(45)61-39-55)41-75-53-21-17-51(18-22-53)73-33-31-71-29-30-72-32-34-74-52-19-23-54(24-20-52)76-42-50(66)38-60-28-26-44-11-15-48(16-12-44)64-78(69,70)56-36-46-6-2-4-8-58(46)62-40-56/h1-24,35-36,39-40,49-50,59-60,63-66H,25-34,37-38,41-42H2/t49-,50-/m1/s1. The molecule has 0 aliphatic rings. The molecule has 2 atom stereocenters. The van der Waals surface area contributed by atoms with Crippen LogP contribution in [0.15, 0.2) is 180 Å². The van der Waals surface area contributed by atoms with Crippen molar-refractivity contribution in [2.45, 2.75) is 34.8 Å². The number of hydrogen-bond donors (Lipinski definition) is 6. The quantitative estimate of drug-likeness (QED) is 0.0227. The lowest BCUT2D eigenvalue weighted by Crippen LogP contribution is -2.32. The molecule has 20 heteroatoms. The highest BCUT2D eigenvalue weighted by atomic mass is 32.2. The minimum absolute atomic E-state index is 0.0949. The number of fused-ring (bicyclic) bond motifs is 2. The van der Waals surface area contributed by atoms with E-state index >= 15 is 0 Å². The van der Waals surface area contributed by atoms with Crippen molar-refractivity contribution in [1.82, 2.24) is 20.6 Å². The van der Waals surface area contributed by atoms with Gasteiger partial charge in [0.05, 0.1) is 37.5 Å². The third-order valence-electron chi connectivity index (χ3n) is 12.0. The zero-order valence-electron chi connectivity index (χ0n) is 42.9. The number of anilines is 2. The van der Waals surface area contributed by atoms with Gasteiger partial charge in [0.15, 0.2) is 0 Å². The van der Waals surface area contributed by atoms with Crippen LogP contribution in [0.3, 0.4) is 0 Å². The summed E-state index contributed by atoms with van der Waals surface area (Å²) < 4.78 is 91.3. The number of aromatic nitrogens is 2. The molecule has 0 aliphatic heterocycles. The molecule has 2 heterocycles. The van der Waals surface area contributed by atoms with Crippen molar-refractivity contribution in [2.24, 2.45) is 0 Å². The van der Waals surface area contributed by atoms with Gasteiger partial charge in [-0.3, -0.25) is 19.4 Å². The third-order valence-corrected chi connectivity index (χ3v) is 14.7. The van der Waals surface area contributed by atoms with Gasteiger partial charge in [-0.15, -0.1) is 0 Å². The molecule has 0 saturated carbocycles. The van der Waals surface area contributed by atoms with Crippen LogP contribution >= 0.6 is 0 Å². The van der Waals surface area contributed by atoms with Gasteiger partial charge in [0.25, 0.3) is 20.0 Å². The average molecular weight is 1100 g/mol. The van der Waals surface area contributed by atoms with Crippen molar-refractivity contribution in [3.63, 3.8) is 0 Å². The molecule has 6 aromatic carbocycles. The van der Waals surface area contributed by atoms with E-state index in [1.807, 2.05) is 72.8 Å². The molecule has 78 heavy (non-hydrogen) atoms. The van der Waals surface area contributed by atoms with Gasteiger partial charge >= 0.3 is 0 Å². The minimum atomic E-state index is -3.80. The molecule has 6 N–H and O–H groups in total. The topological polar surface area (TPSA) is 238 Å². The Kier molecular flexibility index (Phi) is 21.0. The van der Waals surface area contributed by atoms with Crippen molar-refractivity contribution in [1.29, 1.82) is 0 Å². The largest absolute Gasteiger partial charge is 0.491 e. The molecular formula is C58H64N6O12S2. The maximum absolute atomic E-state index is 12.9. The Bertz CT molecular complexity index is 3120. The predicted octanol–water partition coefficient (Wildman–Crippen LogP) is 7.02. The number of nitrogens with zero attached hydrogens (tertiary/aromatic N) is 2. The summed E-state index contributed by atoms with van der Waals surface area (Å²) in [6.45, 7) is 4.43. The van der Waals surface area contributed by atoms with E-state index in [-0.39, 0.29) is 23.0 Å². The summed E-state index contributed by atoms with van der Waals surface area (Å²) in [4.78, 5) is 8.71. The first kappa shape index (κ1) is 56.8. The van der Waals surface area contributed by atoms with Crippen LogP contribution in [-0.4, -0.2) is 128 Å². The molecule has 18 nitrogen and oxygen atoms in total. The Morgan fingerprint density at radius 2 is 0.795 bits per heavy atom. The maximum Gasteiger partial charge on any atom is 0.263 e. The molecule has 0 unspecified atom stereocenters. The molecular weight excluding hydrogens is 1040 g/mol. The Labute approximate surface area is 454 Å². The summed E-state index contributed by atoms with van der Waals surface area (Å²) >= 11 is 0. The van der Waals surface area contributed by atoms with E-state index in [4.69, 9.17) is 28.4 Å². The van der Waals surface area contributed by atoms with Crippen molar-refractivity contribution in [3.8, 4) is 23.0 Å². The molecule has 0 saturated heterocycles. The van der Waals surface area contributed by atoms with Crippen molar-refractivity contribution >= 4 is 53.2 Å². The second kappa shape index (κ2) is 28.8. The van der Waals surface area contributed by atoms with Gasteiger partial charge in [0.2, 0.25) is 0 Å². The SMILES string of the molecule is O=S(=O)(Nc1ccc(CCNC[C@@H](O)COc2ccc(OCCOCCOCCOc3ccc(OC[C@H](O)CNCCc4ccc(NS(=O)(=O)c5cnc6ccccc6c5)cc4)cc3)cc2)cc1)c1cnc2ccccc2c1. The average Bonchev–Trinajstić information content (AvgIpc) is 3.51. The fourth-order valence-corrected chi connectivity index (χ4v) is 9.91. The van der Waals surface area contributed by atoms with Crippen molar-refractivity contribution < 1.29 is 55.5 Å². The highest BCUT2D eigenvalue weighted by Crippen LogP contribution is 2.23. The number of ether oxygens (including phenoxy) is 6. The lowest BCUT2D eigenvalue weighted by molar-refractivity contribution is 0.0273. The van der Waals surface area contributed by atoms with Gasteiger partial charge in [0.1, 0.15) is 71.4 Å². The smallest absolute Gasteiger partial charge is 0.263 e. The third kappa shape index (κ3) is 18.1. The zero-order valence-corrected chi connectivity index (χ0v) is 44.5. The van der Waals surface area contributed by atoms with Crippen LogP contribution in [0, 0.1) is 0 Å². The lowest BCUT2D eigenvalue weighted by atomic mass is 10.1. The van der Waals surface area contributed by atoms with Gasteiger partial charge in [-0.1, -0.05) is 60.7 Å². The number of aliphatic hydroxyl groups excluding tert-OH is 2. The Hall–Kier alpha value is -7.40. The molecule has 410 valence electrons. The number of pyridine rings is 2. The fraction of sp³-hybridized carbons (Fsp3) is 0.276. The van der Waals surface area contributed by atoms with E-state index in [1.165, 1.54) is 12.4 Å². The maximum atomic E-state index is 12.9. The fourth-order valence-electron chi connectivity index (χ4n) is 7.83. The van der Waals surface area contributed by atoms with Crippen LogP contribution in [0.2, 0.25) is 0 Å². The van der Waals surface area contributed by atoms with E-state index in [2.05, 4.69) is 30.0 Å². The van der Waals surface area contributed by atoms with Crippen LogP contribution in [0.25, 0.3) is 21.8 Å². The lowest BCUT2D eigenvalue weighted by Gasteiger charge is -2.14. The number of hydrogen-bond acceptors (Lipinski definition) is 16. The minimum Gasteiger partial charge on any atom is -0.491 e. The van der Waals surface area contributed by atoms with E-state index < -0.39 is 32.3 Å². The van der Waals surface area contributed by atoms with Gasteiger partial charge < -0.3 is 49.3 Å². The van der Waals surface area contributed by atoms with E-state index in [0.717, 1.165) is 32.9 Å². The monoisotopic (exact) mass is 1100 g/mol. The number of nitrogens with one attached hydrogen (secondary N) is 4. The zero-order chi connectivity index (χ0) is 54.4. The Morgan fingerprint density at radius 1 is 0.436 bits per heavy atom. The van der Waals surface area contributed by atoms with Crippen LogP contribution in [0.5, 0.6) is 23.0 Å². The van der Waals surface area contributed by atoms with Gasteiger partial charge in [-0.25, -0.2) is 16.8 Å². The van der Waals surface area contributed by atoms with Crippen LogP contribution in [0.4, 0.5) is 11.4 Å². The van der Waals surface area contributed by atoms with Crippen molar-refractivity contribution in [3.05, 3.63) is 181 Å². The predicted molar refractivity (Wildman–Crippen MR) is 300 cm³/mol. The van der Waals surface area contributed by atoms with Crippen LogP contribution < -0.4 is 39.0 Å². The first-order chi connectivity index (χ1) is 37.9. The summed E-state index contributed by atoms with van der Waals surface area (Å²) in [5, 5.41) is 28.8. The highest BCUT2D eigenvalue weighted by molar-refractivity contribution is 7.93. The molecule has 8 rings (SSSR count). The summed E-state index contributed by atoms with van der Waals surface area (Å²) in [7, 11) is -7.60. The first-order valence-corrected chi connectivity index (χ1v) is 28.5. The summed E-state index contributed by atoms with van der Waals surface area (Å²) in [6.07, 6.45) is 2.64. The summed E-state index contributed by atoms with van der Waals surface area (Å²) in [6, 6.07) is 46.6. The van der Waals surface area contributed by atoms with E-state index in [0.29, 0.717) is 113 Å². The van der Waals surface area contributed by atoms with Gasteiger partial charge in [0, 0.05) is 47.6 Å². The second-order valence-corrected chi connectivity index (χ2v) is 21.4. The number of rotatable bonds is 33. The molecule has 8 aromatic rings. The number of aliphatic hydroxyl groups is 2. The number of para-hydroxylation sites is 2. The molecule has 0 radical (unpaired) electrons. The molecule has 0 fully saturated rings. The van der Waals surface area contributed by atoms with Crippen LogP contribution in [0.1, 0.15) is 11.1 Å². The Balaban J connectivity index is 0.589. The summed E-state index contributed by atoms with van der Waals surface area (Å²) in [5.74, 6) is 2.54. The Morgan fingerprint density at radius 3 is 1.19 bits per heavy atom. The molecule has 0 bridgehead atoms. The second-order valence-electron chi connectivity index (χ2n) is 18.0. The number of sulfonamides is 2. The van der Waals surface area contributed by atoms with Crippen LogP contribution in [-0.2, 0) is 42.4 Å².